The first-order chi connectivity index (χ1) is 14.5. The molecular weight excluding hydrogens is 400 g/mol. The topological polar surface area (TPSA) is 58.6 Å². The summed E-state index contributed by atoms with van der Waals surface area (Å²) in [5.74, 6) is -0.232. The highest BCUT2D eigenvalue weighted by atomic mass is 35.5. The number of carbonyl (C=O) groups is 2. The van der Waals surface area contributed by atoms with Gasteiger partial charge in [-0.1, -0.05) is 54.1 Å². The molecule has 1 aliphatic heterocycles. The highest BCUT2D eigenvalue weighted by molar-refractivity contribution is 6.48. The number of ether oxygens (including phenoxy) is 1. The molecule has 3 aromatic rings. The number of methoxy groups -OCH3 is 1. The number of nitrogens with zero attached hydrogens (tertiary/aromatic N) is 1. The van der Waals surface area contributed by atoms with Crippen molar-refractivity contribution in [2.75, 3.05) is 17.3 Å². The Hall–Kier alpha value is -3.57. The van der Waals surface area contributed by atoms with Crippen LogP contribution in [0.4, 0.5) is 11.4 Å². The average molecular weight is 419 g/mol. The molecule has 1 heterocycles. The van der Waals surface area contributed by atoms with E-state index in [1.807, 2.05) is 31.2 Å². The summed E-state index contributed by atoms with van der Waals surface area (Å²) >= 11 is 6.30. The zero-order chi connectivity index (χ0) is 21.3. The lowest BCUT2D eigenvalue weighted by Gasteiger charge is -2.17. The van der Waals surface area contributed by atoms with Gasteiger partial charge in [-0.3, -0.25) is 9.59 Å². The predicted octanol–water partition coefficient (Wildman–Crippen LogP) is 5.05. The minimum absolute atomic E-state index is 0.208. The van der Waals surface area contributed by atoms with Gasteiger partial charge in [0.1, 0.15) is 11.4 Å². The summed E-state index contributed by atoms with van der Waals surface area (Å²) in [5, 5.41) is 3.50. The maximum atomic E-state index is 13.4. The van der Waals surface area contributed by atoms with Crippen molar-refractivity contribution in [2.45, 2.75) is 6.92 Å². The number of imide groups is 1. The van der Waals surface area contributed by atoms with Gasteiger partial charge in [0.25, 0.3) is 11.8 Å². The van der Waals surface area contributed by atoms with Gasteiger partial charge in [-0.15, -0.1) is 0 Å². The van der Waals surface area contributed by atoms with Crippen LogP contribution in [-0.4, -0.2) is 18.9 Å². The lowest BCUT2D eigenvalue weighted by atomic mass is 10.0. The molecule has 0 saturated heterocycles. The fraction of sp³-hybridized carbons (Fsp3) is 0.0833. The summed E-state index contributed by atoms with van der Waals surface area (Å²) in [4.78, 5) is 27.9. The molecule has 0 aliphatic carbocycles. The second-order valence-corrected chi connectivity index (χ2v) is 7.22. The highest BCUT2D eigenvalue weighted by Crippen LogP contribution is 2.37. The fourth-order valence-corrected chi connectivity index (χ4v) is 3.59. The highest BCUT2D eigenvalue weighted by Gasteiger charge is 2.41. The van der Waals surface area contributed by atoms with Gasteiger partial charge in [-0.05, 0) is 48.4 Å². The minimum Gasteiger partial charge on any atom is -0.497 e. The normalized spacial score (nSPS) is 13.8. The molecule has 6 heteroatoms. The Morgan fingerprint density at radius 1 is 0.867 bits per heavy atom. The Balaban J connectivity index is 1.85. The molecule has 0 fully saturated rings. The van der Waals surface area contributed by atoms with Gasteiger partial charge in [-0.2, -0.15) is 0 Å². The Labute approximate surface area is 179 Å². The van der Waals surface area contributed by atoms with E-state index in [2.05, 4.69) is 5.32 Å². The SMILES string of the molecule is COc1ccc(C2=C(Nc3ccccc3C)C(=O)N(c3ccccc3Cl)C2=O)cc1. The molecule has 4 rings (SSSR count). The van der Waals surface area contributed by atoms with Crippen LogP contribution in [0.15, 0.2) is 78.5 Å². The molecule has 30 heavy (non-hydrogen) atoms. The van der Waals surface area contributed by atoms with E-state index >= 15 is 0 Å². The van der Waals surface area contributed by atoms with Gasteiger partial charge in [0.15, 0.2) is 0 Å². The van der Waals surface area contributed by atoms with Crippen LogP contribution in [0.25, 0.3) is 5.57 Å². The summed E-state index contributed by atoms with van der Waals surface area (Å²) in [6.07, 6.45) is 0. The number of anilines is 2. The van der Waals surface area contributed by atoms with Gasteiger partial charge in [0, 0.05) is 5.69 Å². The lowest BCUT2D eigenvalue weighted by molar-refractivity contribution is -0.120. The molecule has 0 aromatic heterocycles. The van der Waals surface area contributed by atoms with E-state index in [4.69, 9.17) is 16.3 Å². The lowest BCUT2D eigenvalue weighted by Crippen LogP contribution is -2.32. The van der Waals surface area contributed by atoms with Crippen LogP contribution in [-0.2, 0) is 9.59 Å². The van der Waals surface area contributed by atoms with Crippen LogP contribution in [0.2, 0.25) is 5.02 Å². The zero-order valence-electron chi connectivity index (χ0n) is 16.5. The third-order valence-corrected chi connectivity index (χ3v) is 5.28. The number of aryl methyl sites for hydroxylation is 1. The van der Waals surface area contributed by atoms with Gasteiger partial charge in [0.05, 0.1) is 23.4 Å². The van der Waals surface area contributed by atoms with E-state index in [-0.39, 0.29) is 11.3 Å². The quantitative estimate of drug-likeness (QED) is 0.589. The van der Waals surface area contributed by atoms with E-state index in [9.17, 15) is 9.59 Å². The maximum absolute atomic E-state index is 13.4. The van der Waals surface area contributed by atoms with Crippen LogP contribution in [0, 0.1) is 6.92 Å². The number of para-hydroxylation sites is 2. The molecule has 1 aliphatic rings. The molecule has 0 radical (unpaired) electrons. The third kappa shape index (κ3) is 3.44. The van der Waals surface area contributed by atoms with Crippen molar-refractivity contribution in [2.24, 2.45) is 0 Å². The van der Waals surface area contributed by atoms with E-state index < -0.39 is 11.8 Å². The fourth-order valence-electron chi connectivity index (χ4n) is 3.37. The second kappa shape index (κ2) is 8.05. The van der Waals surface area contributed by atoms with Crippen molar-refractivity contribution in [1.29, 1.82) is 0 Å². The number of nitrogens with one attached hydrogen (secondary N) is 1. The van der Waals surface area contributed by atoms with Gasteiger partial charge in [-0.25, -0.2) is 4.90 Å². The summed E-state index contributed by atoms with van der Waals surface area (Å²) in [6, 6.07) is 21.4. The molecule has 2 amide bonds. The molecule has 150 valence electrons. The molecule has 1 N–H and O–H groups in total. The maximum Gasteiger partial charge on any atom is 0.282 e. The molecule has 5 nitrogen and oxygen atoms in total. The summed E-state index contributed by atoms with van der Waals surface area (Å²) in [6.45, 7) is 1.93. The van der Waals surface area contributed by atoms with Crippen LogP contribution in [0.5, 0.6) is 5.75 Å². The molecule has 0 saturated carbocycles. The van der Waals surface area contributed by atoms with Crippen molar-refractivity contribution in [1.82, 2.24) is 0 Å². The second-order valence-electron chi connectivity index (χ2n) is 6.82. The largest absolute Gasteiger partial charge is 0.497 e. The average Bonchev–Trinajstić information content (AvgIpc) is 3.00. The van der Waals surface area contributed by atoms with Crippen LogP contribution >= 0.6 is 11.6 Å². The summed E-state index contributed by atoms with van der Waals surface area (Å²) in [5.41, 5.74) is 3.16. The molecule has 0 spiro atoms. The first kappa shape index (κ1) is 19.7. The first-order valence-corrected chi connectivity index (χ1v) is 9.73. The van der Waals surface area contributed by atoms with Crippen molar-refractivity contribution in [3.63, 3.8) is 0 Å². The Bertz CT molecular complexity index is 1170. The van der Waals surface area contributed by atoms with Crippen molar-refractivity contribution in [3.05, 3.63) is 94.6 Å². The van der Waals surface area contributed by atoms with Gasteiger partial charge in [0.2, 0.25) is 0 Å². The zero-order valence-corrected chi connectivity index (χ0v) is 17.2. The number of hydrogen-bond donors (Lipinski definition) is 1. The number of benzene rings is 3. The predicted molar refractivity (Wildman–Crippen MR) is 119 cm³/mol. The van der Waals surface area contributed by atoms with E-state index in [0.29, 0.717) is 22.0 Å². The standard InChI is InChI=1S/C24H19ClN2O3/c1-15-7-3-5-9-19(15)26-22-21(16-11-13-17(30-2)14-12-16)23(28)27(24(22)29)20-10-6-4-8-18(20)25/h3-14,26H,1-2H3. The Kier molecular flexibility index (Phi) is 5.29. The Morgan fingerprint density at radius 2 is 1.53 bits per heavy atom. The summed E-state index contributed by atoms with van der Waals surface area (Å²) in [7, 11) is 1.57. The number of hydrogen-bond acceptors (Lipinski definition) is 4. The molecule has 0 bridgehead atoms. The number of halogens is 1. The number of amides is 2. The molecule has 3 aromatic carbocycles. The van der Waals surface area contributed by atoms with E-state index in [1.165, 1.54) is 0 Å². The first-order valence-electron chi connectivity index (χ1n) is 9.36. The van der Waals surface area contributed by atoms with Gasteiger partial charge < -0.3 is 10.1 Å². The van der Waals surface area contributed by atoms with E-state index in [1.54, 1.807) is 55.6 Å². The number of rotatable bonds is 5. The third-order valence-electron chi connectivity index (χ3n) is 4.96. The van der Waals surface area contributed by atoms with Crippen molar-refractivity contribution >= 4 is 40.4 Å². The molecule has 0 unspecified atom stereocenters. The van der Waals surface area contributed by atoms with Crippen molar-refractivity contribution < 1.29 is 14.3 Å². The summed E-state index contributed by atoms with van der Waals surface area (Å²) < 4.78 is 5.21. The number of carbonyl (C=O) groups excluding carboxylic acids is 2. The van der Waals surface area contributed by atoms with Crippen LogP contribution in [0.1, 0.15) is 11.1 Å². The minimum atomic E-state index is -0.456. The van der Waals surface area contributed by atoms with Crippen LogP contribution < -0.4 is 15.0 Å². The Morgan fingerprint density at radius 3 is 2.20 bits per heavy atom. The monoisotopic (exact) mass is 418 g/mol. The molecule has 0 atom stereocenters. The van der Waals surface area contributed by atoms with Crippen molar-refractivity contribution in [3.8, 4) is 5.75 Å². The van der Waals surface area contributed by atoms with Crippen LogP contribution in [0.3, 0.4) is 0 Å². The molecular formula is C24H19ClN2O3. The van der Waals surface area contributed by atoms with Gasteiger partial charge >= 0.3 is 0 Å². The van der Waals surface area contributed by atoms with E-state index in [0.717, 1.165) is 16.2 Å². The smallest absolute Gasteiger partial charge is 0.282 e.